The minimum Gasteiger partial charge on any atom is -0.478 e. The van der Waals surface area contributed by atoms with E-state index in [2.05, 4.69) is 17.3 Å². The molecule has 0 aromatic rings. The molecule has 6 heteroatoms. The molecule has 0 amide bonds. The van der Waals surface area contributed by atoms with Crippen LogP contribution in [0.4, 0.5) is 0 Å². The van der Waals surface area contributed by atoms with Gasteiger partial charge in [-0.1, -0.05) is 6.58 Å². The molecule has 0 aliphatic rings. The molecule has 6 nitrogen and oxygen atoms in total. The SMILES string of the molecule is C=CC(=O)O.CC(=O)CC(=O)ON. The standard InChI is InChI=1S/C4H7NO3.C3H4O2/c1-3(6)2-4(7)8-5;1-2-3(4)5/h2,5H2,1H3;2H,1H2,(H,4,5). The second-order valence-corrected chi connectivity index (χ2v) is 1.91. The Morgan fingerprint density at radius 3 is 2.00 bits per heavy atom. The molecule has 0 aromatic heterocycles. The van der Waals surface area contributed by atoms with Crippen LogP contribution in [0.2, 0.25) is 0 Å². The predicted octanol–water partition coefficient (Wildman–Crippen LogP) is -0.361. The Bertz CT molecular complexity index is 211. The number of rotatable bonds is 3. The van der Waals surface area contributed by atoms with Crippen LogP contribution < -0.4 is 5.90 Å². The lowest BCUT2D eigenvalue weighted by Crippen LogP contribution is -2.12. The molecule has 0 unspecified atom stereocenters. The number of hydrogen-bond acceptors (Lipinski definition) is 5. The highest BCUT2D eigenvalue weighted by atomic mass is 16.7. The number of hydrogen-bond donors (Lipinski definition) is 2. The van der Waals surface area contributed by atoms with Crippen LogP contribution in [-0.4, -0.2) is 22.8 Å². The van der Waals surface area contributed by atoms with E-state index in [0.29, 0.717) is 0 Å². The van der Waals surface area contributed by atoms with Crippen LogP contribution in [0.5, 0.6) is 0 Å². The van der Waals surface area contributed by atoms with Crippen LogP contribution >= 0.6 is 0 Å². The lowest BCUT2D eigenvalue weighted by molar-refractivity contribution is -0.146. The number of nitrogens with two attached hydrogens (primary N) is 1. The molecule has 0 saturated carbocycles. The van der Waals surface area contributed by atoms with E-state index in [1.807, 2.05) is 0 Å². The lowest BCUT2D eigenvalue weighted by Gasteiger charge is -1.89. The van der Waals surface area contributed by atoms with Crippen LogP contribution in [-0.2, 0) is 19.2 Å². The summed E-state index contributed by atoms with van der Waals surface area (Å²) in [5.74, 6) is 2.49. The van der Waals surface area contributed by atoms with Crippen molar-refractivity contribution in [1.82, 2.24) is 0 Å². The van der Waals surface area contributed by atoms with Gasteiger partial charge in [0.25, 0.3) is 0 Å². The van der Waals surface area contributed by atoms with Gasteiger partial charge in [0, 0.05) is 6.08 Å². The second kappa shape index (κ2) is 8.41. The van der Waals surface area contributed by atoms with E-state index in [1.54, 1.807) is 0 Å². The summed E-state index contributed by atoms with van der Waals surface area (Å²) in [6, 6.07) is 0. The fraction of sp³-hybridized carbons (Fsp3) is 0.286. The summed E-state index contributed by atoms with van der Waals surface area (Å²) in [5, 5.41) is 7.60. The zero-order valence-electron chi connectivity index (χ0n) is 7.15. The van der Waals surface area contributed by atoms with Crippen LogP contribution in [0.3, 0.4) is 0 Å². The van der Waals surface area contributed by atoms with Gasteiger partial charge in [0.05, 0.1) is 0 Å². The van der Waals surface area contributed by atoms with Crippen LogP contribution in [0.15, 0.2) is 12.7 Å². The normalized spacial score (nSPS) is 7.54. The van der Waals surface area contributed by atoms with Gasteiger partial charge >= 0.3 is 11.9 Å². The van der Waals surface area contributed by atoms with Crippen LogP contribution in [0.1, 0.15) is 13.3 Å². The topological polar surface area (TPSA) is 107 Å². The van der Waals surface area contributed by atoms with Gasteiger partial charge in [-0.15, -0.1) is 0 Å². The van der Waals surface area contributed by atoms with Crippen molar-refractivity contribution < 1.29 is 24.3 Å². The average molecular weight is 189 g/mol. The van der Waals surface area contributed by atoms with Crippen molar-refractivity contribution in [2.45, 2.75) is 13.3 Å². The highest BCUT2D eigenvalue weighted by molar-refractivity contribution is 5.93. The van der Waals surface area contributed by atoms with E-state index in [0.717, 1.165) is 6.08 Å². The zero-order chi connectivity index (χ0) is 10.9. The Labute approximate surface area is 74.9 Å². The monoisotopic (exact) mass is 189 g/mol. The molecule has 0 fully saturated rings. The molecule has 0 aliphatic heterocycles. The number of carboxylic acid groups (broad SMARTS) is 1. The van der Waals surface area contributed by atoms with Crippen molar-refractivity contribution in [2.75, 3.05) is 0 Å². The van der Waals surface area contributed by atoms with Gasteiger partial charge in [-0.25, -0.2) is 9.59 Å². The molecule has 0 saturated heterocycles. The maximum absolute atomic E-state index is 10.1. The third-order valence-corrected chi connectivity index (χ3v) is 0.699. The van der Waals surface area contributed by atoms with E-state index in [1.165, 1.54) is 6.92 Å². The van der Waals surface area contributed by atoms with Gasteiger partial charge < -0.3 is 9.94 Å². The van der Waals surface area contributed by atoms with Gasteiger partial charge in [0.2, 0.25) is 0 Å². The first-order valence-corrected chi connectivity index (χ1v) is 3.18. The molecule has 13 heavy (non-hydrogen) atoms. The molecule has 0 bridgehead atoms. The smallest absolute Gasteiger partial charge is 0.331 e. The molecule has 0 aliphatic carbocycles. The maximum atomic E-state index is 10.1. The van der Waals surface area contributed by atoms with E-state index in [4.69, 9.17) is 5.11 Å². The number of carbonyl (C=O) groups excluding carboxylic acids is 2. The van der Waals surface area contributed by atoms with Gasteiger partial charge in [0.15, 0.2) is 0 Å². The molecule has 0 heterocycles. The van der Waals surface area contributed by atoms with E-state index in [9.17, 15) is 14.4 Å². The third kappa shape index (κ3) is 17.9. The molecular formula is C7H11NO5. The van der Waals surface area contributed by atoms with Gasteiger partial charge in [0.1, 0.15) is 12.2 Å². The fourth-order valence-corrected chi connectivity index (χ4v) is 0.245. The Morgan fingerprint density at radius 1 is 1.54 bits per heavy atom. The van der Waals surface area contributed by atoms with Crippen molar-refractivity contribution in [1.29, 1.82) is 0 Å². The summed E-state index contributed by atoms with van der Waals surface area (Å²) >= 11 is 0. The van der Waals surface area contributed by atoms with Gasteiger partial charge in [-0.2, -0.15) is 5.90 Å². The minimum atomic E-state index is -0.981. The summed E-state index contributed by atoms with van der Waals surface area (Å²) in [4.78, 5) is 33.1. The molecular weight excluding hydrogens is 178 g/mol. The Balaban J connectivity index is 0. The molecule has 0 spiro atoms. The predicted molar refractivity (Wildman–Crippen MR) is 43.4 cm³/mol. The summed E-state index contributed by atoms with van der Waals surface area (Å²) in [5.41, 5.74) is 0. The van der Waals surface area contributed by atoms with E-state index in [-0.39, 0.29) is 12.2 Å². The number of Topliss-reactive ketones (excluding diaryl/α,β-unsaturated/α-hetero) is 1. The van der Waals surface area contributed by atoms with Crippen molar-refractivity contribution in [2.24, 2.45) is 5.90 Å². The van der Waals surface area contributed by atoms with Gasteiger partial charge in [-0.3, -0.25) is 4.79 Å². The Morgan fingerprint density at radius 2 is 1.92 bits per heavy atom. The molecule has 0 rings (SSSR count). The molecule has 74 valence electrons. The van der Waals surface area contributed by atoms with Crippen molar-refractivity contribution in [3.8, 4) is 0 Å². The second-order valence-electron chi connectivity index (χ2n) is 1.91. The summed E-state index contributed by atoms with van der Waals surface area (Å²) in [7, 11) is 0. The number of aliphatic carboxylic acids is 1. The fourth-order valence-electron chi connectivity index (χ4n) is 0.245. The largest absolute Gasteiger partial charge is 0.478 e. The number of ketones is 1. The summed E-state index contributed by atoms with van der Waals surface area (Å²) in [6.07, 6.45) is 0.594. The molecule has 0 atom stereocenters. The molecule has 0 radical (unpaired) electrons. The maximum Gasteiger partial charge on any atom is 0.331 e. The quantitative estimate of drug-likeness (QED) is 0.356. The Hall–Kier alpha value is -1.69. The summed E-state index contributed by atoms with van der Waals surface area (Å²) in [6.45, 7) is 4.25. The first kappa shape index (κ1) is 13.9. The molecule has 0 aromatic carbocycles. The number of carbonyl (C=O) groups is 3. The van der Waals surface area contributed by atoms with Crippen molar-refractivity contribution in [3.05, 3.63) is 12.7 Å². The third-order valence-electron chi connectivity index (χ3n) is 0.699. The zero-order valence-corrected chi connectivity index (χ0v) is 7.15. The highest BCUT2D eigenvalue weighted by Gasteiger charge is 2.02. The first-order valence-electron chi connectivity index (χ1n) is 3.18. The first-order chi connectivity index (χ1) is 5.93. The van der Waals surface area contributed by atoms with E-state index >= 15 is 0 Å². The van der Waals surface area contributed by atoms with Crippen molar-refractivity contribution in [3.63, 3.8) is 0 Å². The van der Waals surface area contributed by atoms with Crippen molar-refractivity contribution >= 4 is 17.7 Å². The molecule has 3 N–H and O–H groups in total. The van der Waals surface area contributed by atoms with Gasteiger partial charge in [-0.05, 0) is 6.92 Å². The minimum absolute atomic E-state index is 0.240. The van der Waals surface area contributed by atoms with Crippen LogP contribution in [0, 0.1) is 0 Å². The van der Waals surface area contributed by atoms with E-state index < -0.39 is 11.9 Å². The summed E-state index contributed by atoms with van der Waals surface area (Å²) < 4.78 is 0. The average Bonchev–Trinajstić information content (AvgIpc) is 2.04. The number of carboxylic acids is 1. The highest BCUT2D eigenvalue weighted by Crippen LogP contribution is 1.81. The Kier molecular flexibility index (Phi) is 8.97. The lowest BCUT2D eigenvalue weighted by atomic mass is 10.3. The van der Waals surface area contributed by atoms with Crippen LogP contribution in [0.25, 0.3) is 0 Å².